The summed E-state index contributed by atoms with van der Waals surface area (Å²) in [6, 6.07) is 7.56. The molecule has 0 saturated heterocycles. The number of amides is 2. The monoisotopic (exact) mass is 337 g/mol. The van der Waals surface area contributed by atoms with Gasteiger partial charge < -0.3 is 5.32 Å². The lowest BCUT2D eigenvalue weighted by molar-refractivity contribution is -0.139. The van der Waals surface area contributed by atoms with Gasteiger partial charge >= 0.3 is 11.8 Å². The molecule has 1 aromatic carbocycles. The van der Waals surface area contributed by atoms with Crippen molar-refractivity contribution in [2.45, 2.75) is 31.7 Å². The number of carbonyl (C=O) groups excluding carboxylic acids is 2. The lowest BCUT2D eigenvalue weighted by Crippen LogP contribution is -2.42. The van der Waals surface area contributed by atoms with E-state index in [0.29, 0.717) is 0 Å². The van der Waals surface area contributed by atoms with Crippen molar-refractivity contribution in [2.24, 2.45) is 5.10 Å². The van der Waals surface area contributed by atoms with Gasteiger partial charge in [-0.3, -0.25) is 9.59 Å². The zero-order valence-corrected chi connectivity index (χ0v) is 12.5. The molecule has 0 heterocycles. The first-order valence-corrected chi connectivity index (χ1v) is 7.34. The van der Waals surface area contributed by atoms with Crippen molar-refractivity contribution in [1.29, 1.82) is 0 Å². The Hall–Kier alpha value is -1.69. The number of nitrogens with one attached hydrogen (secondary N) is 2. The topological polar surface area (TPSA) is 70.6 Å². The van der Waals surface area contributed by atoms with Gasteiger partial charge in [-0.05, 0) is 30.5 Å². The van der Waals surface area contributed by atoms with E-state index in [1.54, 1.807) is 0 Å². The third-order valence-electron chi connectivity index (χ3n) is 3.15. The summed E-state index contributed by atoms with van der Waals surface area (Å²) in [5.41, 5.74) is 3.06. The molecule has 1 fully saturated rings. The summed E-state index contributed by atoms with van der Waals surface area (Å²) in [5.74, 6) is -1.35. The van der Waals surface area contributed by atoms with Crippen molar-refractivity contribution in [2.75, 3.05) is 0 Å². The number of hydrogen-bond donors (Lipinski definition) is 2. The predicted octanol–water partition coefficient (Wildman–Crippen LogP) is 1.96. The van der Waals surface area contributed by atoms with Gasteiger partial charge in [0.25, 0.3) is 0 Å². The molecular formula is C14H16BrN3O2. The summed E-state index contributed by atoms with van der Waals surface area (Å²) in [5, 5.41) is 6.47. The number of carbonyl (C=O) groups is 2. The van der Waals surface area contributed by atoms with Crippen molar-refractivity contribution in [1.82, 2.24) is 10.7 Å². The maximum atomic E-state index is 11.6. The Bertz CT molecular complexity index is 508. The Balaban J connectivity index is 1.78. The molecule has 0 unspecified atom stereocenters. The molecule has 1 saturated carbocycles. The summed E-state index contributed by atoms with van der Waals surface area (Å²) < 4.78 is 0.967. The van der Waals surface area contributed by atoms with Crippen molar-refractivity contribution >= 4 is 34.0 Å². The number of rotatable bonds is 3. The Morgan fingerprint density at radius 3 is 2.45 bits per heavy atom. The van der Waals surface area contributed by atoms with Gasteiger partial charge in [0.15, 0.2) is 0 Å². The molecule has 0 aromatic heterocycles. The minimum absolute atomic E-state index is 0.128. The molecule has 1 aliphatic rings. The van der Waals surface area contributed by atoms with Crippen molar-refractivity contribution in [3.63, 3.8) is 0 Å². The number of hydrogen-bond acceptors (Lipinski definition) is 3. The van der Waals surface area contributed by atoms with Crippen LogP contribution in [0, 0.1) is 0 Å². The van der Waals surface area contributed by atoms with Gasteiger partial charge in [0.2, 0.25) is 0 Å². The van der Waals surface area contributed by atoms with Crippen LogP contribution in [-0.4, -0.2) is 24.1 Å². The zero-order chi connectivity index (χ0) is 14.4. The third-order valence-corrected chi connectivity index (χ3v) is 3.68. The van der Waals surface area contributed by atoms with Crippen molar-refractivity contribution < 1.29 is 9.59 Å². The van der Waals surface area contributed by atoms with Gasteiger partial charge in [0, 0.05) is 10.5 Å². The average Bonchev–Trinajstić information content (AvgIpc) is 2.93. The molecular weight excluding hydrogens is 322 g/mol. The maximum absolute atomic E-state index is 11.6. The van der Waals surface area contributed by atoms with Crippen LogP contribution in [0.1, 0.15) is 31.2 Å². The summed E-state index contributed by atoms with van der Waals surface area (Å²) in [4.78, 5) is 23.1. The van der Waals surface area contributed by atoms with Crippen LogP contribution >= 0.6 is 15.9 Å². The predicted molar refractivity (Wildman–Crippen MR) is 80.3 cm³/mol. The number of nitrogens with zero attached hydrogens (tertiary/aromatic N) is 1. The Labute approximate surface area is 126 Å². The average molecular weight is 338 g/mol. The first kappa shape index (κ1) is 14.7. The van der Waals surface area contributed by atoms with E-state index in [2.05, 4.69) is 31.8 Å². The van der Waals surface area contributed by atoms with Gasteiger partial charge in [-0.2, -0.15) is 5.10 Å². The molecule has 0 radical (unpaired) electrons. The minimum Gasteiger partial charge on any atom is -0.345 e. The highest BCUT2D eigenvalue weighted by Crippen LogP contribution is 2.17. The SMILES string of the molecule is O=C(N/N=C\c1ccc(Br)cc1)C(=O)NC1CCCC1. The fourth-order valence-corrected chi connectivity index (χ4v) is 2.35. The van der Waals surface area contributed by atoms with E-state index in [9.17, 15) is 9.59 Å². The smallest absolute Gasteiger partial charge is 0.329 e. The maximum Gasteiger partial charge on any atom is 0.329 e. The second-order valence-electron chi connectivity index (χ2n) is 4.71. The number of hydrazone groups is 1. The van der Waals surface area contributed by atoms with E-state index in [-0.39, 0.29) is 6.04 Å². The van der Waals surface area contributed by atoms with Gasteiger partial charge in [-0.1, -0.05) is 40.9 Å². The normalized spacial score (nSPS) is 15.4. The van der Waals surface area contributed by atoms with Crippen molar-refractivity contribution in [3.05, 3.63) is 34.3 Å². The van der Waals surface area contributed by atoms with Crippen LogP contribution in [0.2, 0.25) is 0 Å². The fourth-order valence-electron chi connectivity index (χ4n) is 2.09. The minimum atomic E-state index is -0.731. The second kappa shape index (κ2) is 7.19. The largest absolute Gasteiger partial charge is 0.345 e. The molecule has 2 amide bonds. The summed E-state index contributed by atoms with van der Waals surface area (Å²) in [6.07, 6.45) is 5.60. The number of benzene rings is 1. The highest BCUT2D eigenvalue weighted by atomic mass is 79.9. The molecule has 20 heavy (non-hydrogen) atoms. The summed E-state index contributed by atoms with van der Waals surface area (Å²) in [6.45, 7) is 0. The Kier molecular flexibility index (Phi) is 5.29. The van der Waals surface area contributed by atoms with Gasteiger partial charge in [-0.25, -0.2) is 5.43 Å². The van der Waals surface area contributed by atoms with Crippen molar-refractivity contribution in [3.8, 4) is 0 Å². The third kappa shape index (κ3) is 4.45. The molecule has 1 aromatic rings. The van der Waals surface area contributed by atoms with E-state index in [1.807, 2.05) is 24.3 Å². The standard InChI is InChI=1S/C14H16BrN3O2/c15-11-7-5-10(6-8-11)9-16-18-14(20)13(19)17-12-3-1-2-4-12/h5-9,12H,1-4H2,(H,17,19)(H,18,20)/b16-9-. The van der Waals surface area contributed by atoms with E-state index >= 15 is 0 Å². The lowest BCUT2D eigenvalue weighted by Gasteiger charge is -2.10. The van der Waals surface area contributed by atoms with Crippen LogP contribution < -0.4 is 10.7 Å². The number of halogens is 1. The molecule has 106 valence electrons. The molecule has 2 rings (SSSR count). The molecule has 0 atom stereocenters. The van der Waals surface area contributed by atoms with Gasteiger partial charge in [0.1, 0.15) is 0 Å². The molecule has 5 nitrogen and oxygen atoms in total. The quantitative estimate of drug-likeness (QED) is 0.502. The van der Waals surface area contributed by atoms with Crippen LogP contribution in [0.15, 0.2) is 33.8 Å². The van der Waals surface area contributed by atoms with E-state index in [4.69, 9.17) is 0 Å². The molecule has 0 bridgehead atoms. The van der Waals surface area contributed by atoms with E-state index in [0.717, 1.165) is 35.7 Å². The zero-order valence-electron chi connectivity index (χ0n) is 10.9. The van der Waals surface area contributed by atoms with E-state index < -0.39 is 11.8 Å². The van der Waals surface area contributed by atoms with Crippen LogP contribution in [-0.2, 0) is 9.59 Å². The Morgan fingerprint density at radius 1 is 1.15 bits per heavy atom. The fraction of sp³-hybridized carbons (Fsp3) is 0.357. The molecule has 0 spiro atoms. The van der Waals surface area contributed by atoms with Crippen LogP contribution in [0.25, 0.3) is 0 Å². The molecule has 2 N–H and O–H groups in total. The van der Waals surface area contributed by atoms with Crippen LogP contribution in [0.3, 0.4) is 0 Å². The first-order chi connectivity index (χ1) is 9.65. The Morgan fingerprint density at radius 2 is 1.80 bits per heavy atom. The van der Waals surface area contributed by atoms with Crippen LogP contribution in [0.5, 0.6) is 0 Å². The highest BCUT2D eigenvalue weighted by Gasteiger charge is 2.20. The lowest BCUT2D eigenvalue weighted by atomic mass is 10.2. The van der Waals surface area contributed by atoms with Gasteiger partial charge in [0.05, 0.1) is 6.21 Å². The summed E-state index contributed by atoms with van der Waals surface area (Å²) in [7, 11) is 0. The summed E-state index contributed by atoms with van der Waals surface area (Å²) >= 11 is 3.33. The highest BCUT2D eigenvalue weighted by molar-refractivity contribution is 9.10. The first-order valence-electron chi connectivity index (χ1n) is 6.54. The second-order valence-corrected chi connectivity index (χ2v) is 5.62. The van der Waals surface area contributed by atoms with Crippen LogP contribution in [0.4, 0.5) is 0 Å². The van der Waals surface area contributed by atoms with E-state index in [1.165, 1.54) is 6.21 Å². The molecule has 0 aliphatic heterocycles. The van der Waals surface area contributed by atoms with Gasteiger partial charge in [-0.15, -0.1) is 0 Å². The molecule has 1 aliphatic carbocycles. The molecule has 6 heteroatoms.